The first-order valence-corrected chi connectivity index (χ1v) is 7.45. The molecule has 0 unspecified atom stereocenters. The first-order chi connectivity index (χ1) is 11.7. The van der Waals surface area contributed by atoms with E-state index in [0.717, 1.165) is 11.4 Å². The summed E-state index contributed by atoms with van der Waals surface area (Å²) in [4.78, 5) is 35.4. The van der Waals surface area contributed by atoms with Gasteiger partial charge in [-0.1, -0.05) is 0 Å². The van der Waals surface area contributed by atoms with Crippen molar-refractivity contribution >= 4 is 23.6 Å². The highest BCUT2D eigenvalue weighted by Gasteiger charge is 2.30. The second-order valence-corrected chi connectivity index (χ2v) is 5.17. The Kier molecular flexibility index (Phi) is 4.55. The largest absolute Gasteiger partial charge is 0.497 e. The fourth-order valence-corrected chi connectivity index (χ4v) is 2.43. The minimum absolute atomic E-state index is 0.0380. The zero-order chi connectivity index (χ0) is 16.9. The van der Waals surface area contributed by atoms with Gasteiger partial charge < -0.3 is 9.64 Å². The average molecular weight is 327 g/mol. The van der Waals surface area contributed by atoms with Crippen LogP contribution < -0.4 is 15.0 Å². The summed E-state index contributed by atoms with van der Waals surface area (Å²) in [6.07, 6.45) is 3.07. The molecule has 0 bridgehead atoms. The van der Waals surface area contributed by atoms with E-state index in [1.54, 1.807) is 30.2 Å². The van der Waals surface area contributed by atoms with Crippen LogP contribution in [-0.4, -0.2) is 53.6 Å². The average Bonchev–Trinajstić information content (AvgIpc) is 2.96. The van der Waals surface area contributed by atoms with E-state index in [4.69, 9.17) is 4.74 Å². The first-order valence-electron chi connectivity index (χ1n) is 7.45. The van der Waals surface area contributed by atoms with E-state index in [-0.39, 0.29) is 24.4 Å². The Morgan fingerprint density at radius 2 is 1.92 bits per heavy atom. The summed E-state index contributed by atoms with van der Waals surface area (Å²) >= 11 is 0. The summed E-state index contributed by atoms with van der Waals surface area (Å²) in [6.45, 7) is 0.970. The van der Waals surface area contributed by atoms with Gasteiger partial charge in [0.1, 0.15) is 12.3 Å². The molecule has 1 aromatic heterocycles. The van der Waals surface area contributed by atoms with Gasteiger partial charge in [-0.05, 0) is 30.3 Å². The van der Waals surface area contributed by atoms with Crippen LogP contribution in [-0.2, 0) is 4.79 Å². The Bertz CT molecular complexity index is 720. The highest BCUT2D eigenvalue weighted by molar-refractivity contribution is 5.98. The topological polar surface area (TPSA) is 87.7 Å². The molecule has 24 heavy (non-hydrogen) atoms. The molecule has 1 saturated heterocycles. The lowest BCUT2D eigenvalue weighted by Gasteiger charge is -2.18. The third-order valence-electron chi connectivity index (χ3n) is 3.63. The molecule has 0 aliphatic carbocycles. The van der Waals surface area contributed by atoms with Crippen LogP contribution in [0, 0.1) is 0 Å². The number of anilines is 2. The van der Waals surface area contributed by atoms with E-state index in [1.165, 1.54) is 17.3 Å². The molecule has 1 aliphatic heterocycles. The van der Waals surface area contributed by atoms with Gasteiger partial charge in [0.15, 0.2) is 0 Å². The van der Waals surface area contributed by atoms with Crippen molar-refractivity contribution in [1.29, 1.82) is 0 Å². The van der Waals surface area contributed by atoms with Gasteiger partial charge in [0.25, 0.3) is 0 Å². The molecule has 8 heteroatoms. The standard InChI is InChI=1S/C16H17N5O3/c1-24-13-5-3-12(4-6-13)21-10-9-20(16(21)23)11-14(22)19-15-17-7-2-8-18-15/h2-8H,9-11H2,1H3,(H,17,18,19,22). The molecular formula is C16H17N5O3. The summed E-state index contributed by atoms with van der Waals surface area (Å²) in [5.74, 6) is 0.622. The van der Waals surface area contributed by atoms with Gasteiger partial charge in [-0.25, -0.2) is 14.8 Å². The van der Waals surface area contributed by atoms with Crippen LogP contribution in [0.15, 0.2) is 42.7 Å². The predicted molar refractivity (Wildman–Crippen MR) is 88.0 cm³/mol. The van der Waals surface area contributed by atoms with E-state index < -0.39 is 0 Å². The molecule has 2 aromatic rings. The fourth-order valence-electron chi connectivity index (χ4n) is 2.43. The van der Waals surface area contributed by atoms with E-state index in [9.17, 15) is 9.59 Å². The zero-order valence-corrected chi connectivity index (χ0v) is 13.2. The lowest BCUT2D eigenvalue weighted by molar-refractivity contribution is -0.116. The lowest BCUT2D eigenvalue weighted by atomic mass is 10.3. The van der Waals surface area contributed by atoms with Crippen LogP contribution in [0.2, 0.25) is 0 Å². The van der Waals surface area contributed by atoms with Crippen molar-refractivity contribution in [2.45, 2.75) is 0 Å². The Hall–Kier alpha value is -3.16. The minimum atomic E-state index is -0.328. The number of rotatable bonds is 5. The number of hydrogen-bond acceptors (Lipinski definition) is 5. The number of methoxy groups -OCH3 is 1. The van der Waals surface area contributed by atoms with Gasteiger partial charge >= 0.3 is 6.03 Å². The number of carbonyl (C=O) groups is 2. The predicted octanol–water partition coefficient (Wildman–Crippen LogP) is 1.37. The molecule has 1 aliphatic rings. The zero-order valence-electron chi connectivity index (χ0n) is 13.2. The summed E-state index contributed by atoms with van der Waals surface area (Å²) < 4.78 is 5.11. The Morgan fingerprint density at radius 1 is 1.21 bits per heavy atom. The highest BCUT2D eigenvalue weighted by Crippen LogP contribution is 2.23. The van der Waals surface area contributed by atoms with Gasteiger partial charge in [0.2, 0.25) is 11.9 Å². The number of carbonyl (C=O) groups excluding carboxylic acids is 2. The quantitative estimate of drug-likeness (QED) is 0.896. The van der Waals surface area contributed by atoms with Crippen molar-refractivity contribution in [3.63, 3.8) is 0 Å². The number of nitrogens with one attached hydrogen (secondary N) is 1. The first kappa shape index (κ1) is 15.7. The molecule has 0 spiro atoms. The smallest absolute Gasteiger partial charge is 0.325 e. The SMILES string of the molecule is COc1ccc(N2CCN(CC(=O)Nc3ncccn3)C2=O)cc1. The third kappa shape index (κ3) is 3.43. The fraction of sp³-hybridized carbons (Fsp3) is 0.250. The van der Waals surface area contributed by atoms with Crippen LogP contribution in [0.1, 0.15) is 0 Å². The molecule has 0 atom stereocenters. The second kappa shape index (κ2) is 6.95. The van der Waals surface area contributed by atoms with Crippen LogP contribution >= 0.6 is 0 Å². The highest BCUT2D eigenvalue weighted by atomic mass is 16.5. The molecular weight excluding hydrogens is 310 g/mol. The molecule has 3 amide bonds. The maximum atomic E-state index is 12.5. The Labute approximate surface area is 139 Å². The van der Waals surface area contributed by atoms with E-state index >= 15 is 0 Å². The van der Waals surface area contributed by atoms with Crippen LogP contribution in [0.3, 0.4) is 0 Å². The van der Waals surface area contributed by atoms with Crippen molar-refractivity contribution in [3.8, 4) is 5.75 Å². The molecule has 3 rings (SSSR count). The van der Waals surface area contributed by atoms with Gasteiger partial charge in [-0.2, -0.15) is 0 Å². The molecule has 8 nitrogen and oxygen atoms in total. The van der Waals surface area contributed by atoms with Gasteiger partial charge in [0, 0.05) is 31.2 Å². The molecule has 1 N–H and O–H groups in total. The molecule has 1 aromatic carbocycles. The van der Waals surface area contributed by atoms with Crippen molar-refractivity contribution in [3.05, 3.63) is 42.7 Å². The van der Waals surface area contributed by atoms with Gasteiger partial charge in [-0.15, -0.1) is 0 Å². The molecule has 0 radical (unpaired) electrons. The second-order valence-electron chi connectivity index (χ2n) is 5.17. The molecule has 2 heterocycles. The van der Waals surface area contributed by atoms with Crippen LogP contribution in [0.25, 0.3) is 0 Å². The lowest BCUT2D eigenvalue weighted by Crippen LogP contribution is -2.37. The summed E-state index contributed by atoms with van der Waals surface area (Å²) in [6, 6.07) is 8.68. The van der Waals surface area contributed by atoms with Gasteiger partial charge in [0.05, 0.1) is 7.11 Å². The molecule has 0 saturated carbocycles. The normalized spacial score (nSPS) is 14.0. The number of nitrogens with zero attached hydrogens (tertiary/aromatic N) is 4. The monoisotopic (exact) mass is 327 g/mol. The van der Waals surface area contributed by atoms with Crippen molar-refractivity contribution in [1.82, 2.24) is 14.9 Å². The van der Waals surface area contributed by atoms with Crippen molar-refractivity contribution < 1.29 is 14.3 Å². The van der Waals surface area contributed by atoms with Crippen molar-refractivity contribution in [2.75, 3.05) is 37.0 Å². The number of amides is 3. The number of aromatic nitrogens is 2. The summed E-state index contributed by atoms with van der Waals surface area (Å²) in [5, 5.41) is 2.57. The van der Waals surface area contributed by atoms with Crippen LogP contribution in [0.4, 0.5) is 16.4 Å². The van der Waals surface area contributed by atoms with Gasteiger partial charge in [-0.3, -0.25) is 15.0 Å². The maximum absolute atomic E-state index is 12.5. The number of hydrogen-bond donors (Lipinski definition) is 1. The van der Waals surface area contributed by atoms with E-state index in [1.807, 2.05) is 12.1 Å². The van der Waals surface area contributed by atoms with E-state index in [0.29, 0.717) is 13.1 Å². The number of benzene rings is 1. The number of ether oxygens (including phenoxy) is 1. The molecule has 1 fully saturated rings. The minimum Gasteiger partial charge on any atom is -0.497 e. The molecule has 124 valence electrons. The third-order valence-corrected chi connectivity index (χ3v) is 3.63. The van der Waals surface area contributed by atoms with E-state index in [2.05, 4.69) is 15.3 Å². The van der Waals surface area contributed by atoms with Crippen molar-refractivity contribution in [2.24, 2.45) is 0 Å². The maximum Gasteiger partial charge on any atom is 0.325 e. The Balaban J connectivity index is 1.60. The Morgan fingerprint density at radius 3 is 2.58 bits per heavy atom. The summed E-state index contributed by atoms with van der Waals surface area (Å²) in [7, 11) is 1.59. The summed E-state index contributed by atoms with van der Waals surface area (Å²) in [5.41, 5.74) is 0.773. The number of urea groups is 1. The van der Waals surface area contributed by atoms with Crippen LogP contribution in [0.5, 0.6) is 5.75 Å².